The van der Waals surface area contributed by atoms with Gasteiger partial charge in [-0.2, -0.15) is 0 Å². The van der Waals surface area contributed by atoms with Crippen molar-refractivity contribution in [3.63, 3.8) is 0 Å². The molecule has 29 rings (SSSR count). The summed E-state index contributed by atoms with van der Waals surface area (Å²) in [4.78, 5) is 5.19. The Morgan fingerprint density at radius 3 is 0.794 bits per heavy atom. The fourth-order valence-corrected chi connectivity index (χ4v) is 28.5. The third-order valence-electron chi connectivity index (χ3n) is 34.3. The summed E-state index contributed by atoms with van der Waals surface area (Å²) in [5.41, 5.74) is 46.7. The predicted octanol–water partition coefficient (Wildman–Crippen LogP) is 34.8. The molecule has 0 radical (unpaired) electrons. The van der Waals surface area contributed by atoms with E-state index < -0.39 is 27.1 Å². The number of nitrogens with zero attached hydrogens (tertiary/aromatic N) is 2. The molecule has 0 saturated carbocycles. The van der Waals surface area contributed by atoms with Gasteiger partial charge in [0.2, 0.25) is 0 Å². The lowest BCUT2D eigenvalue weighted by atomic mass is 9.51. The Bertz CT molecular complexity index is 8900. The van der Waals surface area contributed by atoms with E-state index in [1.165, 1.54) is 221 Å². The van der Waals surface area contributed by atoms with E-state index in [-0.39, 0.29) is 10.8 Å². The van der Waals surface area contributed by atoms with E-state index in [0.29, 0.717) is 0 Å². The second kappa shape index (κ2) is 29.6. The molecule has 664 valence electrons. The maximum Gasteiger partial charge on any atom is 0.0720 e. The van der Waals surface area contributed by atoms with Crippen molar-refractivity contribution in [1.82, 2.24) is 0 Å². The maximum absolute atomic E-state index is 2.61. The first-order valence-corrected chi connectivity index (χ1v) is 50.1. The van der Waals surface area contributed by atoms with E-state index in [1.807, 2.05) is 0 Å². The van der Waals surface area contributed by atoms with Crippen LogP contribution in [0.15, 0.2) is 485 Å². The number of fused-ring (bicyclic) bond motifs is 33. The van der Waals surface area contributed by atoms with Gasteiger partial charge in [0.25, 0.3) is 0 Å². The third-order valence-corrected chi connectivity index (χ3v) is 34.3. The van der Waals surface area contributed by atoms with E-state index in [4.69, 9.17) is 0 Å². The Kier molecular flexibility index (Phi) is 17.1. The molecular weight excluding hydrogens is 1700 g/mol. The minimum atomic E-state index is -0.746. The summed E-state index contributed by atoms with van der Waals surface area (Å²) in [6.07, 6.45) is 0. The first kappa shape index (κ1) is 81.4. The van der Waals surface area contributed by atoms with Crippen LogP contribution in [0.5, 0.6) is 0 Å². The Morgan fingerprint density at radius 1 is 0.135 bits per heavy atom. The van der Waals surface area contributed by atoms with Crippen molar-refractivity contribution in [2.24, 2.45) is 0 Å². The van der Waals surface area contributed by atoms with Crippen LogP contribution in [0, 0.1) is 0 Å². The molecule has 22 aromatic carbocycles. The summed E-state index contributed by atoms with van der Waals surface area (Å²) in [6, 6.07) is 188. The molecule has 0 fully saturated rings. The summed E-state index contributed by atoms with van der Waals surface area (Å²) < 4.78 is 0. The quantitative estimate of drug-likeness (QED) is 0.119. The van der Waals surface area contributed by atoms with Crippen molar-refractivity contribution in [3.8, 4) is 66.8 Å². The molecule has 2 nitrogen and oxygen atoms in total. The number of rotatable bonds is 11. The Hall–Kier alpha value is -16.8. The zero-order valence-electron chi connectivity index (χ0n) is 79.6. The monoisotopic (exact) mass is 1790 g/mol. The highest BCUT2D eigenvalue weighted by atomic mass is 15.2. The third kappa shape index (κ3) is 10.7. The standard InChI is InChI=1S/C139H98N2/c1-133(2)115-54-25-21-48-103(115)107-75-68-93(82-127(107)133)140(96-70-77-109-105-50-23-27-56-117(105)138(130(109)85-96)121-60-31-29-58-119(121)134(3,4)120-59-30-32-61-122(120)138)92-67-74-102-101-73-66-87(80-113(101)99-46-19-20-47-100(99)114(102)81-92)98-52-37-53-112-111-79-72-94(83-128(111)135(5,6)132(98)112)141(95-69-76-108-104-49-22-26-55-116(104)136(129(108)84-95,88-38-11-7-12-39-88)89-40-13-8-14-41-89)97-71-78-110-106-51-24-28-57-118(106)139(131(110)86-97)125-64-35-33-62-123(125)137(90-42-15-9-16-43-90,91-44-17-10-18-45-91)124-63-34-36-65-126(124)139/h7-86H,1-6H3. The van der Waals surface area contributed by atoms with Crippen LogP contribution in [0.3, 0.4) is 0 Å². The fourth-order valence-electron chi connectivity index (χ4n) is 28.5. The minimum Gasteiger partial charge on any atom is -0.310 e. The second-order valence-electron chi connectivity index (χ2n) is 41.8. The largest absolute Gasteiger partial charge is 0.310 e. The summed E-state index contributed by atoms with van der Waals surface area (Å²) in [6.45, 7) is 14.6. The summed E-state index contributed by atoms with van der Waals surface area (Å²) in [5, 5.41) is 7.34. The molecule has 0 unspecified atom stereocenters. The lowest BCUT2D eigenvalue weighted by molar-refractivity contribution is 0.563. The average Bonchev–Trinajstić information content (AvgIpc) is 1.59. The molecule has 0 N–H and O–H groups in total. The molecular formula is C139H98N2. The summed E-state index contributed by atoms with van der Waals surface area (Å²) in [7, 11) is 0. The lowest BCUT2D eigenvalue weighted by Crippen LogP contribution is -2.44. The normalized spacial score (nSPS) is 15.6. The molecule has 7 aliphatic carbocycles. The van der Waals surface area contributed by atoms with Crippen molar-refractivity contribution >= 4 is 66.4 Å². The number of anilines is 6. The minimum absolute atomic E-state index is 0.228. The molecule has 2 spiro atoms. The molecule has 0 atom stereocenters. The van der Waals surface area contributed by atoms with Crippen LogP contribution in [0.25, 0.3) is 99.1 Å². The maximum atomic E-state index is 2.61. The smallest absolute Gasteiger partial charge is 0.0720 e. The zero-order chi connectivity index (χ0) is 93.8. The van der Waals surface area contributed by atoms with Gasteiger partial charge in [0.05, 0.1) is 21.7 Å². The first-order valence-electron chi connectivity index (χ1n) is 50.1. The van der Waals surface area contributed by atoms with E-state index in [1.54, 1.807) is 0 Å². The van der Waals surface area contributed by atoms with Crippen LogP contribution >= 0.6 is 0 Å². The van der Waals surface area contributed by atoms with Gasteiger partial charge in [-0.3, -0.25) is 0 Å². The van der Waals surface area contributed by atoms with Crippen LogP contribution in [0.1, 0.15) is 164 Å². The SMILES string of the molecule is CC1(C)c2ccccc2-c2ccc(N(c3ccc4c(c3)C3(c5ccccc5-4)c4ccccc4C(C)(C)c4ccccc43)c3ccc4c5ccc(-c6cccc7c6C(C)(C)c6cc(N(c8ccc9c(c8)C(c8ccccc8)(c8ccccc8)c8ccccc8-9)c8ccc9c(c8)C8(c%10ccccc%10-9)c9ccccc9C(c9ccccc9)(c9ccccc9)c9ccccc98)ccc6-7)cc5c5ccccc5c4c3)cc21. The molecule has 22 aromatic rings. The Morgan fingerprint density at radius 2 is 0.376 bits per heavy atom. The van der Waals surface area contributed by atoms with Crippen LogP contribution in [0.2, 0.25) is 0 Å². The Balaban J connectivity index is 0.597. The van der Waals surface area contributed by atoms with Crippen molar-refractivity contribution in [1.29, 1.82) is 0 Å². The van der Waals surface area contributed by atoms with Gasteiger partial charge >= 0.3 is 0 Å². The topological polar surface area (TPSA) is 6.48 Å². The highest BCUT2D eigenvalue weighted by molar-refractivity contribution is 6.26. The molecule has 2 heteroatoms. The van der Waals surface area contributed by atoms with Gasteiger partial charge in [-0.1, -0.05) is 448 Å². The van der Waals surface area contributed by atoms with Crippen molar-refractivity contribution < 1.29 is 0 Å². The van der Waals surface area contributed by atoms with Crippen molar-refractivity contribution in [3.05, 3.63) is 608 Å². The van der Waals surface area contributed by atoms with Crippen LogP contribution in [0.4, 0.5) is 34.1 Å². The molecule has 0 aliphatic heterocycles. The van der Waals surface area contributed by atoms with E-state index in [9.17, 15) is 0 Å². The van der Waals surface area contributed by atoms with Crippen molar-refractivity contribution in [2.75, 3.05) is 9.80 Å². The van der Waals surface area contributed by atoms with Gasteiger partial charge < -0.3 is 9.80 Å². The molecule has 141 heavy (non-hydrogen) atoms. The van der Waals surface area contributed by atoms with Crippen LogP contribution < -0.4 is 9.80 Å². The molecule has 0 bridgehead atoms. The van der Waals surface area contributed by atoms with Gasteiger partial charge in [-0.25, -0.2) is 0 Å². The zero-order valence-corrected chi connectivity index (χ0v) is 79.6. The number of hydrogen-bond donors (Lipinski definition) is 0. The molecule has 0 aromatic heterocycles. The molecule has 0 saturated heterocycles. The van der Waals surface area contributed by atoms with E-state index >= 15 is 0 Å². The summed E-state index contributed by atoms with van der Waals surface area (Å²) >= 11 is 0. The van der Waals surface area contributed by atoms with Crippen molar-refractivity contribution in [2.45, 2.75) is 79.4 Å². The first-order chi connectivity index (χ1) is 69.2. The lowest BCUT2D eigenvalue weighted by Gasteiger charge is -2.50. The highest BCUT2D eigenvalue weighted by Crippen LogP contribution is 2.69. The highest BCUT2D eigenvalue weighted by Gasteiger charge is 2.59. The Labute approximate surface area is 824 Å². The molecule has 7 aliphatic rings. The molecule has 0 amide bonds. The van der Waals surface area contributed by atoms with Crippen LogP contribution in [-0.2, 0) is 37.9 Å². The van der Waals surface area contributed by atoms with Gasteiger partial charge in [-0.15, -0.1) is 0 Å². The van der Waals surface area contributed by atoms with Gasteiger partial charge in [-0.05, 0) is 300 Å². The molecule has 0 heterocycles. The van der Waals surface area contributed by atoms with E-state index in [2.05, 4.69) is 537 Å². The summed E-state index contributed by atoms with van der Waals surface area (Å²) in [5.74, 6) is 0. The number of hydrogen-bond acceptors (Lipinski definition) is 2. The number of benzene rings is 22. The predicted molar refractivity (Wildman–Crippen MR) is 585 cm³/mol. The van der Waals surface area contributed by atoms with Gasteiger partial charge in [0, 0.05) is 50.4 Å². The second-order valence-corrected chi connectivity index (χ2v) is 41.8. The van der Waals surface area contributed by atoms with Gasteiger partial charge in [0.15, 0.2) is 0 Å². The fraction of sp³-hybridized carbons (Fsp3) is 0.0935. The van der Waals surface area contributed by atoms with Gasteiger partial charge in [0.1, 0.15) is 0 Å². The van der Waals surface area contributed by atoms with Crippen LogP contribution in [-0.4, -0.2) is 0 Å². The average molecular weight is 1800 g/mol. The van der Waals surface area contributed by atoms with E-state index in [0.717, 1.165) is 34.1 Å².